The van der Waals surface area contributed by atoms with Crippen LogP contribution in [0.25, 0.3) is 0 Å². The molecule has 0 amide bonds. The quantitative estimate of drug-likeness (QED) is 0.151. The van der Waals surface area contributed by atoms with Crippen LogP contribution in [0.1, 0.15) is 16.7 Å². The number of nitro benzene ring substituents is 1. The maximum absolute atomic E-state index is 11.0. The van der Waals surface area contributed by atoms with Crippen molar-refractivity contribution in [2.24, 2.45) is 10.2 Å². The third-order valence-corrected chi connectivity index (χ3v) is 4.91. The van der Waals surface area contributed by atoms with E-state index in [9.17, 15) is 20.6 Å². The summed E-state index contributed by atoms with van der Waals surface area (Å²) in [5.74, 6) is 0.619. The van der Waals surface area contributed by atoms with E-state index in [0.717, 1.165) is 11.8 Å². The van der Waals surface area contributed by atoms with Gasteiger partial charge in [0.05, 0.1) is 35.9 Å². The van der Waals surface area contributed by atoms with E-state index in [2.05, 4.69) is 31.9 Å². The van der Waals surface area contributed by atoms with E-state index in [1.807, 2.05) is 36.4 Å². The number of hydrogen-bond donors (Lipinski definition) is 3. The Kier molecular flexibility index (Phi) is 8.94. The summed E-state index contributed by atoms with van der Waals surface area (Å²) in [6.07, 6.45) is 0. The van der Waals surface area contributed by atoms with Crippen molar-refractivity contribution in [3.63, 3.8) is 0 Å². The third kappa shape index (κ3) is 6.36. The van der Waals surface area contributed by atoms with Gasteiger partial charge in [-0.05, 0) is 25.1 Å². The van der Waals surface area contributed by atoms with Crippen LogP contribution in [0.5, 0.6) is 0 Å². The number of nitrogens with zero attached hydrogens (tertiary/aromatic N) is 6. The van der Waals surface area contributed by atoms with Gasteiger partial charge in [0.1, 0.15) is 29.3 Å². The molecule has 0 aliphatic rings. The molecule has 0 radical (unpaired) electrons. The van der Waals surface area contributed by atoms with Crippen LogP contribution in [0.4, 0.5) is 34.4 Å². The summed E-state index contributed by atoms with van der Waals surface area (Å²) < 4.78 is 5.25. The predicted octanol–water partition coefficient (Wildman–Crippen LogP) is 4.62. The molecule has 0 spiro atoms. The number of benzene rings is 2. The molecule has 2 aromatic carbocycles. The second kappa shape index (κ2) is 12.5. The van der Waals surface area contributed by atoms with Gasteiger partial charge in [-0.3, -0.25) is 10.1 Å². The number of rotatable bonds is 11. The number of para-hydroxylation sites is 1. The molecule has 0 fully saturated rings. The normalized spacial score (nSPS) is 10.6. The van der Waals surface area contributed by atoms with E-state index >= 15 is 0 Å². The van der Waals surface area contributed by atoms with E-state index in [4.69, 9.17) is 9.84 Å². The van der Waals surface area contributed by atoms with Crippen molar-refractivity contribution in [2.45, 2.75) is 6.92 Å². The summed E-state index contributed by atoms with van der Waals surface area (Å²) in [6.45, 7) is 2.45. The predicted molar refractivity (Wildman–Crippen MR) is 132 cm³/mol. The van der Waals surface area contributed by atoms with E-state index in [1.165, 1.54) is 12.1 Å². The van der Waals surface area contributed by atoms with Crippen molar-refractivity contribution < 1.29 is 14.8 Å². The number of nitrogens with one attached hydrogen (secondary N) is 2. The Labute approximate surface area is 206 Å². The number of hydrogen-bond acceptors (Lipinski definition) is 11. The molecule has 12 nitrogen and oxygen atoms in total. The van der Waals surface area contributed by atoms with Gasteiger partial charge in [-0.25, -0.2) is 4.98 Å². The highest BCUT2D eigenvalue weighted by molar-refractivity contribution is 5.77. The number of anilines is 3. The first-order chi connectivity index (χ1) is 17.5. The number of ether oxygens (including phenoxy) is 1. The summed E-state index contributed by atoms with van der Waals surface area (Å²) in [6, 6.07) is 16.9. The Hall–Kier alpha value is -4.91. The Morgan fingerprint density at radius 3 is 2.56 bits per heavy atom. The number of nitriles is 2. The van der Waals surface area contributed by atoms with Crippen molar-refractivity contribution in [3.05, 3.63) is 75.3 Å². The first-order valence-corrected chi connectivity index (χ1v) is 10.8. The molecule has 0 bridgehead atoms. The molecule has 1 aromatic heterocycles. The monoisotopic (exact) mass is 486 g/mol. The number of pyridine rings is 1. The average Bonchev–Trinajstić information content (AvgIpc) is 2.88. The first kappa shape index (κ1) is 25.7. The van der Waals surface area contributed by atoms with Crippen LogP contribution >= 0.6 is 0 Å². The maximum Gasteiger partial charge on any atom is 0.270 e. The minimum atomic E-state index is -0.600. The molecule has 3 rings (SSSR count). The van der Waals surface area contributed by atoms with Gasteiger partial charge in [-0.1, -0.05) is 18.2 Å². The maximum atomic E-state index is 11.0. The number of aliphatic hydroxyl groups is 1. The molecular weight excluding hydrogens is 464 g/mol. The first-order valence-electron chi connectivity index (χ1n) is 10.8. The van der Waals surface area contributed by atoms with Crippen molar-refractivity contribution >= 4 is 34.4 Å². The van der Waals surface area contributed by atoms with Gasteiger partial charge in [0, 0.05) is 29.9 Å². The van der Waals surface area contributed by atoms with Crippen LogP contribution in [-0.2, 0) is 4.74 Å². The van der Waals surface area contributed by atoms with Gasteiger partial charge in [0.2, 0.25) is 0 Å². The Bertz CT molecular complexity index is 1350. The minimum Gasteiger partial charge on any atom is -0.394 e. The lowest BCUT2D eigenvalue weighted by atomic mass is 10.1. The molecule has 0 aliphatic heterocycles. The zero-order valence-corrected chi connectivity index (χ0v) is 19.3. The van der Waals surface area contributed by atoms with Crippen molar-refractivity contribution in [2.75, 3.05) is 37.0 Å². The number of aliphatic hydroxyl groups excluding tert-OH is 1. The largest absolute Gasteiger partial charge is 0.394 e. The fourth-order valence-corrected chi connectivity index (χ4v) is 3.15. The number of aromatic nitrogens is 1. The molecule has 0 unspecified atom stereocenters. The average molecular weight is 486 g/mol. The fourth-order valence-electron chi connectivity index (χ4n) is 3.15. The Morgan fingerprint density at radius 1 is 1.11 bits per heavy atom. The van der Waals surface area contributed by atoms with Gasteiger partial charge in [-0.2, -0.15) is 10.5 Å². The molecule has 3 aromatic rings. The number of nitro groups is 1. The van der Waals surface area contributed by atoms with Gasteiger partial charge in [0.15, 0.2) is 5.82 Å². The highest BCUT2D eigenvalue weighted by Crippen LogP contribution is 2.37. The van der Waals surface area contributed by atoms with E-state index < -0.39 is 4.92 Å². The van der Waals surface area contributed by atoms with Gasteiger partial charge >= 0.3 is 0 Å². The molecule has 36 heavy (non-hydrogen) atoms. The minimum absolute atomic E-state index is 0.0159. The summed E-state index contributed by atoms with van der Waals surface area (Å²) in [5.41, 5.74) is 1.59. The molecule has 0 saturated heterocycles. The van der Waals surface area contributed by atoms with Crippen molar-refractivity contribution in [3.8, 4) is 12.1 Å². The SMILES string of the molecule is Cc1c(C#N)c(NCCOCCO)nc(Nc2ccccc2)c1N=Nc1ccc([N+](=O)[O-])cc1C#N. The summed E-state index contributed by atoms with van der Waals surface area (Å²) in [5, 5.41) is 53.7. The van der Waals surface area contributed by atoms with E-state index in [1.54, 1.807) is 6.92 Å². The van der Waals surface area contributed by atoms with Gasteiger partial charge in [0.25, 0.3) is 5.69 Å². The number of non-ortho nitro benzene ring substituents is 1. The highest BCUT2D eigenvalue weighted by Gasteiger charge is 2.18. The fraction of sp³-hybridized carbons (Fsp3) is 0.208. The van der Waals surface area contributed by atoms with Gasteiger partial charge < -0.3 is 20.5 Å². The Morgan fingerprint density at radius 2 is 1.89 bits per heavy atom. The zero-order chi connectivity index (χ0) is 25.9. The van der Waals surface area contributed by atoms with E-state index in [-0.39, 0.29) is 41.4 Å². The molecular formula is C24H22N8O4. The molecule has 12 heteroatoms. The van der Waals surface area contributed by atoms with Crippen LogP contribution in [0.3, 0.4) is 0 Å². The summed E-state index contributed by atoms with van der Waals surface area (Å²) in [4.78, 5) is 15.0. The summed E-state index contributed by atoms with van der Waals surface area (Å²) in [7, 11) is 0. The summed E-state index contributed by atoms with van der Waals surface area (Å²) >= 11 is 0. The third-order valence-electron chi connectivity index (χ3n) is 4.91. The van der Waals surface area contributed by atoms with E-state index in [0.29, 0.717) is 30.4 Å². The second-order valence-electron chi connectivity index (χ2n) is 7.29. The van der Waals surface area contributed by atoms with Gasteiger partial charge in [-0.15, -0.1) is 10.2 Å². The molecule has 182 valence electrons. The lowest BCUT2D eigenvalue weighted by Gasteiger charge is -2.15. The van der Waals surface area contributed by atoms with Crippen LogP contribution in [0, 0.1) is 39.7 Å². The van der Waals surface area contributed by atoms with Crippen LogP contribution < -0.4 is 10.6 Å². The molecule has 0 aliphatic carbocycles. The molecule has 0 atom stereocenters. The van der Waals surface area contributed by atoms with Crippen LogP contribution in [0.15, 0.2) is 58.8 Å². The van der Waals surface area contributed by atoms with Crippen molar-refractivity contribution in [1.82, 2.24) is 4.98 Å². The van der Waals surface area contributed by atoms with Crippen LogP contribution in [-0.4, -0.2) is 41.4 Å². The lowest BCUT2D eigenvalue weighted by molar-refractivity contribution is -0.384. The Balaban J connectivity index is 2.03. The molecule has 3 N–H and O–H groups in total. The zero-order valence-electron chi connectivity index (χ0n) is 19.3. The van der Waals surface area contributed by atoms with Crippen molar-refractivity contribution in [1.29, 1.82) is 10.5 Å². The molecule has 1 heterocycles. The smallest absolute Gasteiger partial charge is 0.270 e. The molecule has 0 saturated carbocycles. The lowest BCUT2D eigenvalue weighted by Crippen LogP contribution is -2.14. The number of azo groups is 1. The highest BCUT2D eigenvalue weighted by atomic mass is 16.6. The standard InChI is InChI=1S/C24H22N8O4/c1-16-20(15-26)23(27-9-11-36-12-10-33)29-24(28-18-5-3-2-4-6-18)22(16)31-30-21-8-7-19(32(34)35)13-17(21)14-25/h2-8,13,33H,9-12H2,1H3,(H2,27,28,29). The topological polar surface area (TPSA) is 182 Å². The second-order valence-corrected chi connectivity index (χ2v) is 7.29. The van der Waals surface area contributed by atoms with Crippen LogP contribution in [0.2, 0.25) is 0 Å².